The van der Waals surface area contributed by atoms with Crippen molar-refractivity contribution in [3.63, 3.8) is 0 Å². The van der Waals surface area contributed by atoms with E-state index in [-0.39, 0.29) is 5.75 Å². The van der Waals surface area contributed by atoms with Crippen LogP contribution in [0, 0.1) is 18.3 Å². The highest BCUT2D eigenvalue weighted by molar-refractivity contribution is 7.91. The van der Waals surface area contributed by atoms with Gasteiger partial charge in [-0.3, -0.25) is 4.72 Å². The first-order valence-corrected chi connectivity index (χ1v) is 7.91. The molecular formula is C15H15N3O2S. The average molecular weight is 301 g/mol. The summed E-state index contributed by atoms with van der Waals surface area (Å²) in [4.78, 5) is 0. The van der Waals surface area contributed by atoms with Crippen LogP contribution in [0.5, 0.6) is 0 Å². The Kier molecular flexibility index (Phi) is 4.15. The Bertz CT molecular complexity index is 808. The third-order valence-electron chi connectivity index (χ3n) is 3.03. The van der Waals surface area contributed by atoms with Crippen LogP contribution in [0.1, 0.15) is 16.7 Å². The Morgan fingerprint density at radius 3 is 2.62 bits per heavy atom. The van der Waals surface area contributed by atoms with Gasteiger partial charge in [-0.15, -0.1) is 0 Å². The smallest absolute Gasteiger partial charge is 0.237 e. The second-order valence-electron chi connectivity index (χ2n) is 4.70. The number of nitrogens with zero attached hydrogens (tertiary/aromatic N) is 1. The van der Waals surface area contributed by atoms with E-state index in [1.54, 1.807) is 43.3 Å². The summed E-state index contributed by atoms with van der Waals surface area (Å²) in [7, 11) is -3.60. The first-order chi connectivity index (χ1) is 9.91. The SMILES string of the molecule is Cc1ccc(C#N)cc1NS(=O)(=O)Cc1ccccc1N. The van der Waals surface area contributed by atoms with Crippen molar-refractivity contribution in [1.29, 1.82) is 5.26 Å². The van der Waals surface area contributed by atoms with Gasteiger partial charge in [-0.25, -0.2) is 8.42 Å². The van der Waals surface area contributed by atoms with Crippen LogP contribution in [-0.2, 0) is 15.8 Å². The van der Waals surface area contributed by atoms with Gasteiger partial charge in [-0.1, -0.05) is 24.3 Å². The van der Waals surface area contributed by atoms with E-state index in [0.29, 0.717) is 22.5 Å². The van der Waals surface area contributed by atoms with E-state index in [0.717, 1.165) is 5.56 Å². The molecule has 2 rings (SSSR count). The highest BCUT2D eigenvalue weighted by Gasteiger charge is 2.15. The van der Waals surface area contributed by atoms with E-state index >= 15 is 0 Å². The second kappa shape index (κ2) is 5.85. The summed E-state index contributed by atoms with van der Waals surface area (Å²) in [5, 5.41) is 8.88. The van der Waals surface area contributed by atoms with Crippen LogP contribution in [0.2, 0.25) is 0 Å². The number of rotatable bonds is 4. The van der Waals surface area contributed by atoms with E-state index in [9.17, 15) is 8.42 Å². The minimum Gasteiger partial charge on any atom is -0.398 e. The first kappa shape index (κ1) is 14.9. The number of anilines is 2. The molecule has 0 spiro atoms. The van der Waals surface area contributed by atoms with Crippen LogP contribution in [-0.4, -0.2) is 8.42 Å². The largest absolute Gasteiger partial charge is 0.398 e. The number of sulfonamides is 1. The van der Waals surface area contributed by atoms with Crippen LogP contribution in [0.3, 0.4) is 0 Å². The van der Waals surface area contributed by atoms with Gasteiger partial charge in [0.05, 0.1) is 23.1 Å². The van der Waals surface area contributed by atoms with Gasteiger partial charge in [0, 0.05) is 5.69 Å². The molecule has 0 heterocycles. The van der Waals surface area contributed by atoms with Crippen LogP contribution in [0.15, 0.2) is 42.5 Å². The first-order valence-electron chi connectivity index (χ1n) is 6.26. The normalized spacial score (nSPS) is 10.9. The summed E-state index contributed by atoms with van der Waals surface area (Å²) in [5.41, 5.74) is 8.29. The van der Waals surface area contributed by atoms with Crippen molar-refractivity contribution in [2.24, 2.45) is 0 Å². The summed E-state index contributed by atoms with van der Waals surface area (Å²) < 4.78 is 27.0. The lowest BCUT2D eigenvalue weighted by Crippen LogP contribution is -2.16. The fourth-order valence-corrected chi connectivity index (χ4v) is 3.17. The van der Waals surface area contributed by atoms with Gasteiger partial charge in [0.25, 0.3) is 0 Å². The molecule has 0 aromatic heterocycles. The predicted octanol–water partition coefficient (Wildman–Crippen LogP) is 2.39. The van der Waals surface area contributed by atoms with Crippen LogP contribution >= 0.6 is 0 Å². The van der Waals surface area contributed by atoms with E-state index in [1.807, 2.05) is 6.07 Å². The number of para-hydroxylation sites is 1. The molecular weight excluding hydrogens is 286 g/mol. The van der Waals surface area contributed by atoms with Gasteiger partial charge >= 0.3 is 0 Å². The fraction of sp³-hybridized carbons (Fsp3) is 0.133. The molecule has 0 saturated carbocycles. The molecule has 6 heteroatoms. The molecule has 2 aromatic rings. The van der Waals surface area contributed by atoms with E-state index in [2.05, 4.69) is 4.72 Å². The summed E-state index contributed by atoms with van der Waals surface area (Å²) >= 11 is 0. The number of nitriles is 1. The highest BCUT2D eigenvalue weighted by atomic mass is 32.2. The van der Waals surface area contributed by atoms with Crippen molar-refractivity contribution in [1.82, 2.24) is 0 Å². The molecule has 5 nitrogen and oxygen atoms in total. The Morgan fingerprint density at radius 2 is 1.95 bits per heavy atom. The van der Waals surface area contributed by atoms with Gasteiger partial charge in [0.15, 0.2) is 0 Å². The van der Waals surface area contributed by atoms with E-state index in [4.69, 9.17) is 11.0 Å². The predicted molar refractivity (Wildman–Crippen MR) is 83.0 cm³/mol. The zero-order chi connectivity index (χ0) is 15.5. The van der Waals surface area contributed by atoms with Crippen LogP contribution < -0.4 is 10.5 Å². The average Bonchev–Trinajstić information content (AvgIpc) is 2.43. The number of nitrogens with one attached hydrogen (secondary N) is 1. The molecule has 0 saturated heterocycles. The Hall–Kier alpha value is -2.52. The van der Waals surface area contributed by atoms with Crippen molar-refractivity contribution in [2.45, 2.75) is 12.7 Å². The number of nitrogens with two attached hydrogens (primary N) is 1. The maximum Gasteiger partial charge on any atom is 0.237 e. The molecule has 0 aliphatic heterocycles. The maximum absolute atomic E-state index is 12.2. The van der Waals surface area contributed by atoms with Crippen molar-refractivity contribution in [3.05, 3.63) is 59.2 Å². The summed E-state index contributed by atoms with van der Waals surface area (Å²) in [5.74, 6) is -0.212. The number of benzene rings is 2. The number of aryl methyl sites for hydroxylation is 1. The second-order valence-corrected chi connectivity index (χ2v) is 6.42. The highest BCUT2D eigenvalue weighted by Crippen LogP contribution is 2.20. The fourth-order valence-electron chi connectivity index (χ4n) is 1.88. The Balaban J connectivity index is 2.26. The molecule has 0 unspecified atom stereocenters. The van der Waals surface area contributed by atoms with Crippen LogP contribution in [0.4, 0.5) is 11.4 Å². The Labute approximate surface area is 124 Å². The van der Waals surface area contributed by atoms with E-state index in [1.165, 1.54) is 6.07 Å². The Morgan fingerprint density at radius 1 is 1.24 bits per heavy atom. The standard InChI is InChI=1S/C15H15N3O2S/c1-11-6-7-12(9-16)8-15(11)18-21(19,20)10-13-4-2-3-5-14(13)17/h2-8,18H,10,17H2,1H3. The monoisotopic (exact) mass is 301 g/mol. The lowest BCUT2D eigenvalue weighted by molar-refractivity contribution is 0.600. The van der Waals surface area contributed by atoms with Gasteiger partial charge in [0.2, 0.25) is 10.0 Å². The minimum atomic E-state index is -3.60. The molecule has 0 bridgehead atoms. The molecule has 0 aliphatic rings. The maximum atomic E-state index is 12.2. The molecule has 108 valence electrons. The molecule has 0 aliphatic carbocycles. The van der Waals surface area contributed by atoms with Gasteiger partial charge in [-0.05, 0) is 36.2 Å². The lowest BCUT2D eigenvalue weighted by atomic mass is 10.1. The number of nitrogen functional groups attached to an aromatic ring is 1. The van der Waals surface area contributed by atoms with Gasteiger partial charge < -0.3 is 5.73 Å². The van der Waals surface area contributed by atoms with Crippen molar-refractivity contribution >= 4 is 21.4 Å². The zero-order valence-electron chi connectivity index (χ0n) is 11.5. The molecule has 0 atom stereocenters. The summed E-state index contributed by atoms with van der Waals surface area (Å²) in [6, 6.07) is 13.7. The number of hydrogen-bond donors (Lipinski definition) is 2. The molecule has 0 radical (unpaired) electrons. The molecule has 0 amide bonds. The quantitative estimate of drug-likeness (QED) is 0.847. The van der Waals surface area contributed by atoms with Gasteiger partial charge in [-0.2, -0.15) is 5.26 Å². The summed E-state index contributed by atoms with van der Waals surface area (Å²) in [6.07, 6.45) is 0. The lowest BCUT2D eigenvalue weighted by Gasteiger charge is -2.12. The molecule has 2 aromatic carbocycles. The molecule has 0 fully saturated rings. The third-order valence-corrected chi connectivity index (χ3v) is 4.25. The van der Waals surface area contributed by atoms with Gasteiger partial charge in [0.1, 0.15) is 0 Å². The minimum absolute atomic E-state index is 0.212. The van der Waals surface area contributed by atoms with Crippen molar-refractivity contribution < 1.29 is 8.42 Å². The summed E-state index contributed by atoms with van der Waals surface area (Å²) in [6.45, 7) is 1.77. The molecule has 21 heavy (non-hydrogen) atoms. The topological polar surface area (TPSA) is 96.0 Å². The van der Waals surface area contributed by atoms with E-state index < -0.39 is 10.0 Å². The molecule has 3 N–H and O–H groups in total. The van der Waals surface area contributed by atoms with Crippen LogP contribution in [0.25, 0.3) is 0 Å². The van der Waals surface area contributed by atoms with Crippen molar-refractivity contribution in [2.75, 3.05) is 10.5 Å². The van der Waals surface area contributed by atoms with Crippen molar-refractivity contribution in [3.8, 4) is 6.07 Å². The third kappa shape index (κ3) is 3.74. The number of hydrogen-bond acceptors (Lipinski definition) is 4. The zero-order valence-corrected chi connectivity index (χ0v) is 12.3.